The summed E-state index contributed by atoms with van der Waals surface area (Å²) in [5, 5.41) is 0. The molecule has 0 saturated carbocycles. The van der Waals surface area contributed by atoms with Gasteiger partial charge in [0.15, 0.2) is 0 Å². The molecule has 1 unspecified atom stereocenters. The molecule has 0 aromatic rings. The summed E-state index contributed by atoms with van der Waals surface area (Å²) in [6.45, 7) is 6.20. The Labute approximate surface area is 67.9 Å². The van der Waals surface area contributed by atoms with Crippen LogP contribution in [0.3, 0.4) is 0 Å². The van der Waals surface area contributed by atoms with Crippen LogP contribution in [0.4, 0.5) is 0 Å². The van der Waals surface area contributed by atoms with Gasteiger partial charge in [-0.05, 0) is 12.8 Å². The molecular formula is C8H17NO2. The van der Waals surface area contributed by atoms with Gasteiger partial charge in [0.05, 0.1) is 6.61 Å². The van der Waals surface area contributed by atoms with Crippen LogP contribution in [0.15, 0.2) is 0 Å². The van der Waals surface area contributed by atoms with Crippen molar-refractivity contribution in [1.29, 1.82) is 0 Å². The highest BCUT2D eigenvalue weighted by Crippen LogP contribution is 2.00. The molecule has 66 valence electrons. The molecule has 0 rings (SSSR count). The summed E-state index contributed by atoms with van der Waals surface area (Å²) in [5.74, 6) is 0.114. The van der Waals surface area contributed by atoms with Crippen molar-refractivity contribution in [2.24, 2.45) is 11.7 Å². The van der Waals surface area contributed by atoms with Gasteiger partial charge in [-0.25, -0.2) is 0 Å². The maximum Gasteiger partial charge on any atom is 0.322 e. The Morgan fingerprint density at radius 2 is 2.09 bits per heavy atom. The third kappa shape index (κ3) is 4.79. The van der Waals surface area contributed by atoms with E-state index in [-0.39, 0.29) is 5.97 Å². The van der Waals surface area contributed by atoms with Crippen LogP contribution >= 0.6 is 0 Å². The molecule has 0 bridgehead atoms. The predicted octanol–water partition coefficient (Wildman–Crippen LogP) is 0.923. The van der Waals surface area contributed by atoms with Crippen molar-refractivity contribution in [2.45, 2.75) is 33.2 Å². The molecule has 0 heterocycles. The topological polar surface area (TPSA) is 52.3 Å². The molecule has 0 saturated heterocycles. The molecule has 0 spiro atoms. The van der Waals surface area contributed by atoms with Crippen LogP contribution in [-0.2, 0) is 9.53 Å². The summed E-state index contributed by atoms with van der Waals surface area (Å²) in [4.78, 5) is 10.8. The van der Waals surface area contributed by atoms with E-state index in [4.69, 9.17) is 10.5 Å². The average Bonchev–Trinajstić information content (AvgIpc) is 1.99. The first-order valence-electron chi connectivity index (χ1n) is 4.00. The number of ether oxygens (including phenoxy) is 1. The lowest BCUT2D eigenvalue weighted by Crippen LogP contribution is -2.29. The minimum Gasteiger partial charge on any atom is -0.464 e. The van der Waals surface area contributed by atoms with Gasteiger partial charge in [-0.15, -0.1) is 0 Å². The van der Waals surface area contributed by atoms with Crippen LogP contribution < -0.4 is 5.73 Å². The van der Waals surface area contributed by atoms with Gasteiger partial charge >= 0.3 is 5.97 Å². The van der Waals surface area contributed by atoms with Gasteiger partial charge in [0.25, 0.3) is 0 Å². The Balaban J connectivity index is 3.46. The monoisotopic (exact) mass is 159 g/mol. The normalized spacial score (nSPS) is 15.6. The molecule has 0 aromatic heterocycles. The van der Waals surface area contributed by atoms with E-state index in [1.165, 1.54) is 0 Å². The molecule has 0 radical (unpaired) electrons. The molecule has 0 aliphatic rings. The van der Waals surface area contributed by atoms with Gasteiger partial charge in [0.1, 0.15) is 6.04 Å². The van der Waals surface area contributed by atoms with Crippen molar-refractivity contribution in [1.82, 2.24) is 0 Å². The van der Waals surface area contributed by atoms with Crippen molar-refractivity contribution >= 4 is 5.97 Å². The van der Waals surface area contributed by atoms with Crippen molar-refractivity contribution in [3.63, 3.8) is 0 Å². The summed E-state index contributed by atoms with van der Waals surface area (Å²) in [7, 11) is 0. The minimum atomic E-state index is -0.501. The first-order valence-corrected chi connectivity index (χ1v) is 4.00. The number of esters is 1. The molecule has 0 amide bonds. The molecule has 3 heteroatoms. The molecule has 2 atom stereocenters. The second-order valence-electron chi connectivity index (χ2n) is 2.93. The molecule has 0 aliphatic heterocycles. The summed E-state index contributed by atoms with van der Waals surface area (Å²) >= 11 is 0. The smallest absolute Gasteiger partial charge is 0.322 e. The molecule has 0 fully saturated rings. The van der Waals surface area contributed by atoms with Crippen molar-refractivity contribution in [3.05, 3.63) is 0 Å². The second-order valence-corrected chi connectivity index (χ2v) is 2.93. The van der Waals surface area contributed by atoms with E-state index in [0.29, 0.717) is 12.5 Å². The zero-order chi connectivity index (χ0) is 8.85. The summed E-state index contributed by atoms with van der Waals surface area (Å²) in [6, 6.07) is -0.501. The average molecular weight is 159 g/mol. The van der Waals surface area contributed by atoms with Gasteiger partial charge in [-0.1, -0.05) is 20.3 Å². The third-order valence-electron chi connectivity index (χ3n) is 1.58. The van der Waals surface area contributed by atoms with E-state index in [1.807, 2.05) is 6.92 Å². The van der Waals surface area contributed by atoms with Crippen LogP contribution in [0.1, 0.15) is 27.2 Å². The summed E-state index contributed by atoms with van der Waals surface area (Å²) in [5.41, 5.74) is 5.29. The standard InChI is InChI=1S/C8H17NO2/c1-4-6(2)5-11-8(10)7(3)9/h6-7H,4-5,9H2,1-3H3/t6?,7-/m0/s1. The Bertz CT molecular complexity index is 123. The lowest BCUT2D eigenvalue weighted by Gasteiger charge is -2.10. The second kappa shape index (κ2) is 5.13. The molecule has 3 nitrogen and oxygen atoms in total. The lowest BCUT2D eigenvalue weighted by atomic mass is 10.1. The highest BCUT2D eigenvalue weighted by molar-refractivity contribution is 5.74. The number of carbonyl (C=O) groups excluding carboxylic acids is 1. The molecule has 0 aliphatic carbocycles. The third-order valence-corrected chi connectivity index (χ3v) is 1.58. The highest BCUT2D eigenvalue weighted by atomic mass is 16.5. The maximum absolute atomic E-state index is 10.8. The van der Waals surface area contributed by atoms with E-state index < -0.39 is 6.04 Å². The lowest BCUT2D eigenvalue weighted by molar-refractivity contribution is -0.146. The van der Waals surface area contributed by atoms with E-state index in [2.05, 4.69) is 6.92 Å². The van der Waals surface area contributed by atoms with Crippen LogP contribution in [0.5, 0.6) is 0 Å². The Hall–Kier alpha value is -0.570. The maximum atomic E-state index is 10.8. The Morgan fingerprint density at radius 3 is 2.45 bits per heavy atom. The number of hydrogen-bond donors (Lipinski definition) is 1. The predicted molar refractivity (Wildman–Crippen MR) is 44.1 cm³/mol. The van der Waals surface area contributed by atoms with E-state index in [1.54, 1.807) is 6.92 Å². The molecular weight excluding hydrogens is 142 g/mol. The van der Waals surface area contributed by atoms with E-state index in [0.717, 1.165) is 6.42 Å². The zero-order valence-electron chi connectivity index (χ0n) is 7.46. The quantitative estimate of drug-likeness (QED) is 0.621. The first-order chi connectivity index (χ1) is 5.07. The molecule has 0 aromatic carbocycles. The van der Waals surface area contributed by atoms with Gasteiger partial charge in [-0.2, -0.15) is 0 Å². The minimum absolute atomic E-state index is 0.315. The number of rotatable bonds is 4. The van der Waals surface area contributed by atoms with Gasteiger partial charge in [0, 0.05) is 0 Å². The van der Waals surface area contributed by atoms with Gasteiger partial charge < -0.3 is 10.5 Å². The SMILES string of the molecule is CCC(C)COC(=O)[C@H](C)N. The first kappa shape index (κ1) is 10.4. The van der Waals surface area contributed by atoms with Crippen LogP contribution in [-0.4, -0.2) is 18.6 Å². The van der Waals surface area contributed by atoms with Crippen molar-refractivity contribution < 1.29 is 9.53 Å². The van der Waals surface area contributed by atoms with Gasteiger partial charge in [-0.3, -0.25) is 4.79 Å². The summed E-state index contributed by atoms with van der Waals surface area (Å²) in [6.07, 6.45) is 1.02. The molecule has 2 N–H and O–H groups in total. The summed E-state index contributed by atoms with van der Waals surface area (Å²) < 4.78 is 4.89. The largest absolute Gasteiger partial charge is 0.464 e. The van der Waals surface area contributed by atoms with Crippen LogP contribution in [0.25, 0.3) is 0 Å². The van der Waals surface area contributed by atoms with Crippen molar-refractivity contribution in [3.8, 4) is 0 Å². The van der Waals surface area contributed by atoms with E-state index in [9.17, 15) is 4.79 Å². The number of nitrogens with two attached hydrogens (primary N) is 1. The van der Waals surface area contributed by atoms with E-state index >= 15 is 0 Å². The van der Waals surface area contributed by atoms with Crippen molar-refractivity contribution in [2.75, 3.05) is 6.61 Å². The molecule has 11 heavy (non-hydrogen) atoms. The fraction of sp³-hybridized carbons (Fsp3) is 0.875. The van der Waals surface area contributed by atoms with Gasteiger partial charge in [0.2, 0.25) is 0 Å². The zero-order valence-corrected chi connectivity index (χ0v) is 7.46. The van der Waals surface area contributed by atoms with Crippen LogP contribution in [0, 0.1) is 5.92 Å². The fourth-order valence-corrected chi connectivity index (χ4v) is 0.474. The Morgan fingerprint density at radius 1 is 1.55 bits per heavy atom. The van der Waals surface area contributed by atoms with Crippen LogP contribution in [0.2, 0.25) is 0 Å². The fourth-order valence-electron chi connectivity index (χ4n) is 0.474. The number of carbonyl (C=O) groups is 1. The highest BCUT2D eigenvalue weighted by Gasteiger charge is 2.09. The number of hydrogen-bond acceptors (Lipinski definition) is 3. The Kier molecular flexibility index (Phi) is 4.86.